The molecule has 0 bridgehead atoms. The third-order valence-corrected chi connectivity index (χ3v) is 3.94. The molecular formula is C13H25NO2. The smallest absolute Gasteiger partial charge is 0.223 e. The Kier molecular flexibility index (Phi) is 3.68. The van der Waals surface area contributed by atoms with Gasteiger partial charge < -0.3 is 10.0 Å². The summed E-state index contributed by atoms with van der Waals surface area (Å²) in [6, 6.07) is 0. The van der Waals surface area contributed by atoms with E-state index in [9.17, 15) is 9.90 Å². The van der Waals surface area contributed by atoms with Crippen LogP contribution in [0.15, 0.2) is 0 Å². The lowest BCUT2D eigenvalue weighted by Gasteiger charge is -2.46. The Morgan fingerprint density at radius 3 is 2.31 bits per heavy atom. The van der Waals surface area contributed by atoms with Crippen LogP contribution in [0.5, 0.6) is 0 Å². The Balaban J connectivity index is 2.39. The van der Waals surface area contributed by atoms with Gasteiger partial charge in [-0.15, -0.1) is 0 Å². The van der Waals surface area contributed by atoms with Crippen LogP contribution in [-0.4, -0.2) is 34.6 Å². The summed E-state index contributed by atoms with van der Waals surface area (Å²) < 4.78 is 0. The molecule has 0 aliphatic carbocycles. The predicted molar refractivity (Wildman–Crippen MR) is 65.1 cm³/mol. The van der Waals surface area contributed by atoms with Crippen LogP contribution < -0.4 is 0 Å². The van der Waals surface area contributed by atoms with Crippen molar-refractivity contribution in [2.24, 2.45) is 11.3 Å². The molecular weight excluding hydrogens is 202 g/mol. The molecule has 0 spiro atoms. The number of carbonyl (C=O) groups excluding carboxylic acids is 1. The molecule has 0 saturated carbocycles. The number of likely N-dealkylation sites (tertiary alicyclic amines) is 1. The van der Waals surface area contributed by atoms with E-state index in [1.54, 1.807) is 4.90 Å². The molecule has 1 atom stereocenters. The normalized spacial score (nSPS) is 21.5. The Bertz CT molecular complexity index is 262. The fraction of sp³-hybridized carbons (Fsp3) is 0.923. The molecule has 1 saturated heterocycles. The van der Waals surface area contributed by atoms with Gasteiger partial charge in [-0.1, -0.05) is 34.6 Å². The van der Waals surface area contributed by atoms with Crippen LogP contribution in [-0.2, 0) is 4.79 Å². The van der Waals surface area contributed by atoms with Crippen LogP contribution in [0.25, 0.3) is 0 Å². The molecule has 3 heteroatoms. The van der Waals surface area contributed by atoms with E-state index >= 15 is 0 Å². The Hall–Kier alpha value is -0.570. The number of amides is 1. The van der Waals surface area contributed by atoms with Gasteiger partial charge in [0.15, 0.2) is 0 Å². The minimum absolute atomic E-state index is 0.168. The average molecular weight is 227 g/mol. The summed E-state index contributed by atoms with van der Waals surface area (Å²) in [5, 5.41) is 9.84. The van der Waals surface area contributed by atoms with E-state index in [1.165, 1.54) is 0 Å². The van der Waals surface area contributed by atoms with Gasteiger partial charge in [-0.3, -0.25) is 4.79 Å². The molecule has 1 amide bonds. The van der Waals surface area contributed by atoms with Crippen molar-refractivity contribution in [1.29, 1.82) is 0 Å². The summed E-state index contributed by atoms with van der Waals surface area (Å²) in [7, 11) is 0. The fourth-order valence-corrected chi connectivity index (χ4v) is 1.76. The molecule has 1 unspecified atom stereocenters. The Labute approximate surface area is 98.8 Å². The number of β-amino-alcohol motifs (C(OH)–C–C–N with tert-alkyl or cyclic N) is 1. The quantitative estimate of drug-likeness (QED) is 0.801. The van der Waals surface area contributed by atoms with Crippen molar-refractivity contribution in [2.75, 3.05) is 13.1 Å². The van der Waals surface area contributed by atoms with E-state index < -0.39 is 5.60 Å². The van der Waals surface area contributed by atoms with Crippen molar-refractivity contribution < 1.29 is 9.90 Å². The highest BCUT2D eigenvalue weighted by Crippen LogP contribution is 2.31. The highest BCUT2D eigenvalue weighted by molar-refractivity contribution is 5.77. The average Bonchev–Trinajstić information content (AvgIpc) is 2.11. The zero-order valence-corrected chi connectivity index (χ0v) is 11.2. The number of nitrogens with zero attached hydrogens (tertiary/aromatic N) is 1. The van der Waals surface area contributed by atoms with Crippen molar-refractivity contribution in [3.05, 3.63) is 0 Å². The van der Waals surface area contributed by atoms with Gasteiger partial charge in [0.1, 0.15) is 0 Å². The second-order valence-corrected chi connectivity index (χ2v) is 6.30. The monoisotopic (exact) mass is 227 g/mol. The van der Waals surface area contributed by atoms with Gasteiger partial charge in [-0.2, -0.15) is 0 Å². The zero-order chi connectivity index (χ0) is 12.6. The molecule has 1 N–H and O–H groups in total. The van der Waals surface area contributed by atoms with Crippen molar-refractivity contribution in [3.8, 4) is 0 Å². The molecule has 16 heavy (non-hydrogen) atoms. The first-order valence-electron chi connectivity index (χ1n) is 6.18. The topological polar surface area (TPSA) is 40.5 Å². The molecule has 94 valence electrons. The van der Waals surface area contributed by atoms with Crippen LogP contribution in [0.3, 0.4) is 0 Å². The molecule has 3 nitrogen and oxygen atoms in total. The fourth-order valence-electron chi connectivity index (χ4n) is 1.76. The number of aliphatic hydroxyl groups is 1. The van der Waals surface area contributed by atoms with Gasteiger partial charge in [0, 0.05) is 6.42 Å². The van der Waals surface area contributed by atoms with Gasteiger partial charge in [0.25, 0.3) is 0 Å². The highest BCUT2D eigenvalue weighted by atomic mass is 16.3. The lowest BCUT2D eigenvalue weighted by atomic mass is 9.79. The van der Waals surface area contributed by atoms with Crippen molar-refractivity contribution >= 4 is 5.91 Å². The summed E-state index contributed by atoms with van der Waals surface area (Å²) >= 11 is 0. The van der Waals surface area contributed by atoms with Crippen molar-refractivity contribution in [2.45, 2.75) is 53.1 Å². The lowest BCUT2D eigenvalue weighted by molar-refractivity contribution is -0.157. The van der Waals surface area contributed by atoms with Crippen LogP contribution in [0.2, 0.25) is 0 Å². The zero-order valence-electron chi connectivity index (χ0n) is 11.2. The van der Waals surface area contributed by atoms with Crippen molar-refractivity contribution in [1.82, 2.24) is 4.90 Å². The maximum atomic E-state index is 11.9. The summed E-state index contributed by atoms with van der Waals surface area (Å²) in [4.78, 5) is 13.7. The molecule has 1 rings (SSSR count). The van der Waals surface area contributed by atoms with Gasteiger partial charge >= 0.3 is 0 Å². The van der Waals surface area contributed by atoms with Gasteiger partial charge in [-0.25, -0.2) is 0 Å². The van der Waals surface area contributed by atoms with Crippen LogP contribution in [0.1, 0.15) is 47.5 Å². The van der Waals surface area contributed by atoms with E-state index in [0.29, 0.717) is 25.4 Å². The van der Waals surface area contributed by atoms with Crippen LogP contribution >= 0.6 is 0 Å². The van der Waals surface area contributed by atoms with E-state index in [2.05, 4.69) is 27.7 Å². The number of carbonyl (C=O) groups is 1. The summed E-state index contributed by atoms with van der Waals surface area (Å²) in [5.74, 6) is 0.552. The van der Waals surface area contributed by atoms with Gasteiger partial charge in [-0.05, 0) is 17.8 Å². The second kappa shape index (κ2) is 4.36. The first kappa shape index (κ1) is 13.5. The summed E-state index contributed by atoms with van der Waals surface area (Å²) in [6.07, 6.45) is 1.31. The molecule has 0 radical (unpaired) electrons. The standard InChI is InChI=1S/C13H25NO2/c1-6-13(16)8-14(9-13)11(15)7-10(2)12(3,4)5/h10,16H,6-9H2,1-5H3. The molecule has 1 heterocycles. The van der Waals surface area contributed by atoms with Gasteiger partial charge in [0.2, 0.25) is 5.91 Å². The number of hydrogen-bond donors (Lipinski definition) is 1. The highest BCUT2D eigenvalue weighted by Gasteiger charge is 2.42. The van der Waals surface area contributed by atoms with Crippen LogP contribution in [0, 0.1) is 11.3 Å². The Morgan fingerprint density at radius 1 is 1.44 bits per heavy atom. The minimum Gasteiger partial charge on any atom is -0.386 e. The first-order chi connectivity index (χ1) is 7.18. The Morgan fingerprint density at radius 2 is 1.94 bits per heavy atom. The third-order valence-electron chi connectivity index (χ3n) is 3.94. The number of hydrogen-bond acceptors (Lipinski definition) is 2. The van der Waals surface area contributed by atoms with E-state index in [4.69, 9.17) is 0 Å². The van der Waals surface area contributed by atoms with E-state index in [-0.39, 0.29) is 11.3 Å². The molecule has 1 aliphatic rings. The molecule has 0 aromatic heterocycles. The van der Waals surface area contributed by atoms with Gasteiger partial charge in [0.05, 0.1) is 18.7 Å². The molecule has 0 aromatic rings. The number of rotatable bonds is 3. The maximum Gasteiger partial charge on any atom is 0.223 e. The first-order valence-corrected chi connectivity index (χ1v) is 6.18. The maximum absolute atomic E-state index is 11.9. The third kappa shape index (κ3) is 2.97. The summed E-state index contributed by atoms with van der Waals surface area (Å²) in [5.41, 5.74) is -0.442. The largest absolute Gasteiger partial charge is 0.386 e. The molecule has 0 aromatic carbocycles. The van der Waals surface area contributed by atoms with E-state index in [1.807, 2.05) is 6.92 Å². The predicted octanol–water partition coefficient (Wildman–Crippen LogP) is 2.04. The molecule has 1 fully saturated rings. The van der Waals surface area contributed by atoms with Crippen LogP contribution in [0.4, 0.5) is 0 Å². The second-order valence-electron chi connectivity index (χ2n) is 6.30. The lowest BCUT2D eigenvalue weighted by Crippen LogP contribution is -2.63. The SMILES string of the molecule is CCC1(O)CN(C(=O)CC(C)C(C)(C)C)C1. The minimum atomic E-state index is -0.610. The van der Waals surface area contributed by atoms with Crippen molar-refractivity contribution in [3.63, 3.8) is 0 Å². The van der Waals surface area contributed by atoms with E-state index in [0.717, 1.165) is 6.42 Å². The summed E-state index contributed by atoms with van der Waals surface area (Å²) in [6.45, 7) is 11.6. The molecule has 1 aliphatic heterocycles.